The van der Waals surface area contributed by atoms with Gasteiger partial charge in [0.1, 0.15) is 5.41 Å². The molecule has 3 aliphatic carbocycles. The Morgan fingerprint density at radius 1 is 0.889 bits per heavy atom. The molecular weight excluding hydrogens is 228 g/mol. The van der Waals surface area contributed by atoms with Crippen LogP contribution in [-0.4, -0.2) is 24.9 Å². The van der Waals surface area contributed by atoms with Gasteiger partial charge in [-0.1, -0.05) is 6.42 Å². The molecule has 0 aromatic carbocycles. The van der Waals surface area contributed by atoms with E-state index in [1.165, 1.54) is 25.7 Å². The molecule has 0 radical (unpaired) electrons. The average molecular weight is 250 g/mol. The van der Waals surface area contributed by atoms with Gasteiger partial charge in [0.2, 0.25) is 11.8 Å². The summed E-state index contributed by atoms with van der Waals surface area (Å²) in [5, 5.41) is 5.94. The summed E-state index contributed by atoms with van der Waals surface area (Å²) in [6.45, 7) is 1.52. The zero-order valence-electron chi connectivity index (χ0n) is 10.8. The molecule has 0 spiro atoms. The first kappa shape index (κ1) is 12.0. The number of hydrogen-bond acceptors (Lipinski definition) is 2. The van der Waals surface area contributed by atoms with Gasteiger partial charge in [0.05, 0.1) is 0 Å². The number of nitrogens with one attached hydrogen (secondary N) is 2. The van der Waals surface area contributed by atoms with Crippen LogP contribution in [0.5, 0.6) is 0 Å². The molecular formula is C14H22N2O2. The summed E-state index contributed by atoms with van der Waals surface area (Å²) in [7, 11) is 0. The maximum absolute atomic E-state index is 12.2. The second-order valence-corrected chi connectivity index (χ2v) is 6.24. The van der Waals surface area contributed by atoms with Crippen molar-refractivity contribution < 1.29 is 9.59 Å². The Kier molecular flexibility index (Phi) is 3.04. The average Bonchev–Trinajstić information content (AvgIpc) is 3.14. The van der Waals surface area contributed by atoms with E-state index in [0.29, 0.717) is 11.8 Å². The summed E-state index contributed by atoms with van der Waals surface area (Å²) < 4.78 is 0. The molecule has 3 aliphatic rings. The highest BCUT2D eigenvalue weighted by Gasteiger charge is 2.50. The molecule has 0 heterocycles. The van der Waals surface area contributed by atoms with Crippen LogP contribution < -0.4 is 10.6 Å². The van der Waals surface area contributed by atoms with E-state index >= 15 is 0 Å². The molecule has 0 aromatic rings. The van der Waals surface area contributed by atoms with E-state index in [4.69, 9.17) is 0 Å². The predicted octanol–water partition coefficient (Wildman–Crippen LogP) is 1.21. The van der Waals surface area contributed by atoms with Gasteiger partial charge in [-0.05, 0) is 50.4 Å². The van der Waals surface area contributed by atoms with Crippen molar-refractivity contribution in [2.24, 2.45) is 17.3 Å². The molecule has 0 atom stereocenters. The zero-order chi connectivity index (χ0) is 12.6. The Labute approximate surface area is 108 Å². The quantitative estimate of drug-likeness (QED) is 0.696. The van der Waals surface area contributed by atoms with E-state index in [1.807, 2.05) is 0 Å². The van der Waals surface area contributed by atoms with Crippen LogP contribution in [0.2, 0.25) is 0 Å². The minimum atomic E-state index is -0.732. The number of rotatable bonds is 6. The lowest BCUT2D eigenvalue weighted by molar-refractivity contribution is -0.149. The molecule has 0 bridgehead atoms. The lowest BCUT2D eigenvalue weighted by atomic mass is 9.67. The van der Waals surface area contributed by atoms with Crippen molar-refractivity contribution in [1.82, 2.24) is 10.6 Å². The molecule has 3 saturated carbocycles. The van der Waals surface area contributed by atoms with Gasteiger partial charge >= 0.3 is 0 Å². The molecule has 3 rings (SSSR count). The molecule has 18 heavy (non-hydrogen) atoms. The van der Waals surface area contributed by atoms with E-state index in [-0.39, 0.29) is 11.8 Å². The molecule has 0 aromatic heterocycles. The molecule has 0 aliphatic heterocycles. The van der Waals surface area contributed by atoms with E-state index in [9.17, 15) is 9.59 Å². The molecule has 0 unspecified atom stereocenters. The smallest absolute Gasteiger partial charge is 0.235 e. The molecule has 4 nitrogen and oxygen atoms in total. The van der Waals surface area contributed by atoms with Gasteiger partial charge in [-0.15, -0.1) is 0 Å². The van der Waals surface area contributed by atoms with E-state index in [0.717, 1.165) is 32.4 Å². The van der Waals surface area contributed by atoms with E-state index < -0.39 is 5.41 Å². The standard InChI is InChI=1S/C14H22N2O2/c17-12(15-8-10-2-3-10)14(6-1-7-14)13(18)16-9-11-4-5-11/h10-11H,1-9H2,(H,15,17)(H,16,18). The largest absolute Gasteiger partial charge is 0.355 e. The zero-order valence-corrected chi connectivity index (χ0v) is 10.8. The van der Waals surface area contributed by atoms with Gasteiger partial charge in [0, 0.05) is 13.1 Å². The fourth-order valence-electron chi connectivity index (χ4n) is 2.54. The van der Waals surface area contributed by atoms with Crippen molar-refractivity contribution >= 4 is 11.8 Å². The van der Waals surface area contributed by atoms with E-state index in [1.54, 1.807) is 0 Å². The van der Waals surface area contributed by atoms with Crippen molar-refractivity contribution in [2.75, 3.05) is 13.1 Å². The van der Waals surface area contributed by atoms with Crippen LogP contribution in [0.1, 0.15) is 44.9 Å². The molecule has 100 valence electrons. The molecule has 2 amide bonds. The van der Waals surface area contributed by atoms with Crippen LogP contribution in [0.4, 0.5) is 0 Å². The monoisotopic (exact) mass is 250 g/mol. The van der Waals surface area contributed by atoms with Crippen molar-refractivity contribution in [3.63, 3.8) is 0 Å². The van der Waals surface area contributed by atoms with Crippen LogP contribution in [0.3, 0.4) is 0 Å². The van der Waals surface area contributed by atoms with Gasteiger partial charge in [0.15, 0.2) is 0 Å². The van der Waals surface area contributed by atoms with Crippen molar-refractivity contribution in [3.05, 3.63) is 0 Å². The maximum atomic E-state index is 12.2. The second kappa shape index (κ2) is 4.56. The van der Waals surface area contributed by atoms with Gasteiger partial charge in [-0.3, -0.25) is 9.59 Å². The Morgan fingerprint density at radius 3 is 1.61 bits per heavy atom. The first-order valence-corrected chi connectivity index (χ1v) is 7.27. The van der Waals surface area contributed by atoms with Gasteiger partial charge < -0.3 is 10.6 Å². The summed E-state index contributed by atoms with van der Waals surface area (Å²) in [6, 6.07) is 0. The Balaban J connectivity index is 1.52. The first-order valence-electron chi connectivity index (χ1n) is 7.27. The minimum absolute atomic E-state index is 0.0334. The fraction of sp³-hybridized carbons (Fsp3) is 0.857. The van der Waals surface area contributed by atoms with Gasteiger partial charge in [-0.2, -0.15) is 0 Å². The lowest BCUT2D eigenvalue weighted by Crippen LogP contribution is -2.55. The normalized spacial score (nSPS) is 25.1. The molecule has 4 heteroatoms. The summed E-state index contributed by atoms with van der Waals surface area (Å²) >= 11 is 0. The Hall–Kier alpha value is -1.06. The Bertz CT molecular complexity index is 325. The summed E-state index contributed by atoms with van der Waals surface area (Å²) in [5.41, 5.74) is -0.732. The summed E-state index contributed by atoms with van der Waals surface area (Å²) in [5.74, 6) is 1.27. The minimum Gasteiger partial charge on any atom is -0.355 e. The summed E-state index contributed by atoms with van der Waals surface area (Å²) in [4.78, 5) is 24.4. The predicted molar refractivity (Wildman–Crippen MR) is 67.8 cm³/mol. The molecule has 0 saturated heterocycles. The van der Waals surface area contributed by atoms with Crippen molar-refractivity contribution in [2.45, 2.75) is 44.9 Å². The SMILES string of the molecule is O=C(NCC1CC1)C1(C(=O)NCC2CC2)CCC1. The van der Waals surface area contributed by atoms with Gasteiger partial charge in [-0.25, -0.2) is 0 Å². The van der Waals surface area contributed by atoms with Crippen molar-refractivity contribution in [3.8, 4) is 0 Å². The van der Waals surface area contributed by atoms with Crippen LogP contribution >= 0.6 is 0 Å². The first-order chi connectivity index (χ1) is 8.71. The second-order valence-electron chi connectivity index (χ2n) is 6.24. The van der Waals surface area contributed by atoms with Crippen LogP contribution in [-0.2, 0) is 9.59 Å². The fourth-order valence-corrected chi connectivity index (χ4v) is 2.54. The van der Waals surface area contributed by atoms with Crippen LogP contribution in [0, 0.1) is 17.3 Å². The van der Waals surface area contributed by atoms with E-state index in [2.05, 4.69) is 10.6 Å². The molecule has 3 fully saturated rings. The maximum Gasteiger partial charge on any atom is 0.235 e. The van der Waals surface area contributed by atoms with Crippen molar-refractivity contribution in [1.29, 1.82) is 0 Å². The third-order valence-corrected chi connectivity index (χ3v) is 4.57. The third-order valence-electron chi connectivity index (χ3n) is 4.57. The third kappa shape index (κ3) is 2.38. The number of carbonyl (C=O) groups excluding carboxylic acids is 2. The highest BCUT2D eigenvalue weighted by molar-refractivity contribution is 6.05. The summed E-state index contributed by atoms with van der Waals surface area (Å²) in [6.07, 6.45) is 7.33. The number of carbonyl (C=O) groups is 2. The highest BCUT2D eigenvalue weighted by Crippen LogP contribution is 2.42. The number of hydrogen-bond donors (Lipinski definition) is 2. The van der Waals surface area contributed by atoms with Crippen LogP contribution in [0.25, 0.3) is 0 Å². The molecule has 2 N–H and O–H groups in total. The lowest BCUT2D eigenvalue weighted by Gasteiger charge is -2.38. The topological polar surface area (TPSA) is 58.2 Å². The van der Waals surface area contributed by atoms with Crippen LogP contribution in [0.15, 0.2) is 0 Å². The Morgan fingerprint density at radius 2 is 1.33 bits per heavy atom. The van der Waals surface area contributed by atoms with Gasteiger partial charge in [0.25, 0.3) is 0 Å². The number of amides is 2. The highest BCUT2D eigenvalue weighted by atomic mass is 16.2.